The highest BCUT2D eigenvalue weighted by molar-refractivity contribution is 7.89. The van der Waals surface area contributed by atoms with E-state index in [1.807, 2.05) is 0 Å². The summed E-state index contributed by atoms with van der Waals surface area (Å²) in [6.07, 6.45) is 0.560. The summed E-state index contributed by atoms with van der Waals surface area (Å²) in [7, 11) is -5.00. The van der Waals surface area contributed by atoms with Crippen LogP contribution in [0.2, 0.25) is 0 Å². The average Bonchev–Trinajstić information content (AvgIpc) is 3.49. The minimum atomic E-state index is -5.00. The lowest BCUT2D eigenvalue weighted by Gasteiger charge is -2.34. The largest absolute Gasteiger partial charge is 0.368 e. The Labute approximate surface area is 204 Å². The van der Waals surface area contributed by atoms with Crippen molar-refractivity contribution in [3.05, 3.63) is 59.4 Å². The third-order valence-electron chi connectivity index (χ3n) is 7.33. The van der Waals surface area contributed by atoms with E-state index >= 15 is 4.39 Å². The molecule has 36 heavy (non-hydrogen) atoms. The average molecular weight is 531 g/mol. The third kappa shape index (κ3) is 4.39. The maximum Gasteiger partial charge on any atom is 0.350 e. The maximum atomic E-state index is 15.6. The Kier molecular flexibility index (Phi) is 6.32. The van der Waals surface area contributed by atoms with Gasteiger partial charge < -0.3 is 9.64 Å². The first-order valence-electron chi connectivity index (χ1n) is 11.5. The first-order chi connectivity index (χ1) is 17.0. The summed E-state index contributed by atoms with van der Waals surface area (Å²) in [5.41, 5.74) is -1.02. The number of likely N-dealkylation sites (tertiary alicyclic amines) is 1. The topological polar surface area (TPSA) is 75.7 Å². The van der Waals surface area contributed by atoms with Gasteiger partial charge in [0.1, 0.15) is 23.6 Å². The van der Waals surface area contributed by atoms with Crippen LogP contribution in [0.4, 0.5) is 22.0 Å². The fourth-order valence-corrected chi connectivity index (χ4v) is 6.03. The molecular weight excluding hydrogens is 507 g/mol. The zero-order chi connectivity index (χ0) is 25.8. The number of rotatable bonds is 7. The second kappa shape index (κ2) is 9.07. The Morgan fingerprint density at radius 1 is 1.14 bits per heavy atom. The van der Waals surface area contributed by atoms with Crippen LogP contribution in [-0.2, 0) is 26.0 Å². The summed E-state index contributed by atoms with van der Waals surface area (Å²) >= 11 is 0. The predicted molar refractivity (Wildman–Crippen MR) is 119 cm³/mol. The fourth-order valence-electron chi connectivity index (χ4n) is 5.17. The molecule has 0 radical (unpaired) electrons. The van der Waals surface area contributed by atoms with Crippen molar-refractivity contribution < 1.29 is 39.9 Å². The molecule has 0 bridgehead atoms. The van der Waals surface area contributed by atoms with Crippen LogP contribution in [0.3, 0.4) is 0 Å². The Morgan fingerprint density at radius 2 is 1.86 bits per heavy atom. The van der Waals surface area contributed by atoms with Crippen molar-refractivity contribution >= 4 is 15.9 Å². The van der Waals surface area contributed by atoms with Gasteiger partial charge in [-0.05, 0) is 37.0 Å². The quantitative estimate of drug-likeness (QED) is 0.556. The molecular formula is C24H23F5N2O4S. The van der Waals surface area contributed by atoms with E-state index < -0.39 is 62.7 Å². The summed E-state index contributed by atoms with van der Waals surface area (Å²) in [5, 5.41) is 0. The Morgan fingerprint density at radius 3 is 2.44 bits per heavy atom. The number of hydrogen-bond donors (Lipinski definition) is 1. The van der Waals surface area contributed by atoms with Crippen LogP contribution in [0.1, 0.15) is 24.8 Å². The smallest absolute Gasteiger partial charge is 0.350 e. The van der Waals surface area contributed by atoms with Gasteiger partial charge in [-0.3, -0.25) is 4.79 Å². The van der Waals surface area contributed by atoms with E-state index in [1.54, 1.807) is 0 Å². The Hall–Kier alpha value is -2.57. The molecule has 2 unspecified atom stereocenters. The van der Waals surface area contributed by atoms with Gasteiger partial charge in [0.15, 0.2) is 0 Å². The summed E-state index contributed by atoms with van der Waals surface area (Å²) in [4.78, 5) is 14.5. The van der Waals surface area contributed by atoms with E-state index in [-0.39, 0.29) is 29.7 Å². The van der Waals surface area contributed by atoms with Crippen LogP contribution in [0.25, 0.3) is 11.1 Å². The number of sulfonamides is 1. The summed E-state index contributed by atoms with van der Waals surface area (Å²) in [5.74, 6) is -6.70. The lowest BCUT2D eigenvalue weighted by atomic mass is 9.91. The monoisotopic (exact) mass is 530 g/mol. The number of alkyl halides is 2. The molecule has 5 rings (SSSR count). The molecule has 2 heterocycles. The van der Waals surface area contributed by atoms with Crippen LogP contribution in [-0.4, -0.2) is 56.3 Å². The molecule has 3 fully saturated rings. The fraction of sp³-hybridized carbons (Fsp3) is 0.458. The third-order valence-corrected chi connectivity index (χ3v) is 8.39. The lowest BCUT2D eigenvalue weighted by Crippen LogP contribution is -2.53. The highest BCUT2D eigenvalue weighted by atomic mass is 32.2. The molecule has 6 nitrogen and oxygen atoms in total. The van der Waals surface area contributed by atoms with E-state index in [2.05, 4.69) is 4.72 Å². The van der Waals surface area contributed by atoms with Gasteiger partial charge in [0.05, 0.1) is 12.6 Å². The summed E-state index contributed by atoms with van der Waals surface area (Å²) < 4.78 is 101. The van der Waals surface area contributed by atoms with Gasteiger partial charge in [0, 0.05) is 41.6 Å². The minimum absolute atomic E-state index is 0.0347. The molecule has 12 heteroatoms. The van der Waals surface area contributed by atoms with Crippen molar-refractivity contribution in [3.63, 3.8) is 0 Å². The Balaban J connectivity index is 1.52. The van der Waals surface area contributed by atoms with E-state index in [4.69, 9.17) is 4.74 Å². The van der Waals surface area contributed by atoms with Gasteiger partial charge in [-0.2, -0.15) is 8.78 Å². The van der Waals surface area contributed by atoms with Crippen LogP contribution in [0.15, 0.2) is 36.4 Å². The number of halogens is 5. The van der Waals surface area contributed by atoms with Crippen molar-refractivity contribution in [1.82, 2.24) is 9.62 Å². The van der Waals surface area contributed by atoms with E-state index in [9.17, 15) is 30.8 Å². The first kappa shape index (κ1) is 25.1. The molecule has 1 N–H and O–H groups in total. The number of carbonyl (C=O) groups excluding carboxylic acids is 1. The molecule has 1 spiro atoms. The molecule has 2 aromatic carbocycles. The van der Waals surface area contributed by atoms with Crippen LogP contribution < -0.4 is 4.72 Å². The lowest BCUT2D eigenvalue weighted by molar-refractivity contribution is -0.157. The SMILES string of the molecule is O=C([C@H]1CCO1)N1CC2(CC2)C(NS(=O)(=O)C(F)F)C1Cc1cccc(-c2ccc(F)cc2F)c1F. The Bertz CT molecular complexity index is 1300. The summed E-state index contributed by atoms with van der Waals surface area (Å²) in [6.45, 7) is 0.516. The van der Waals surface area contributed by atoms with Gasteiger partial charge in [0.2, 0.25) is 0 Å². The molecule has 2 aromatic rings. The van der Waals surface area contributed by atoms with Gasteiger partial charge in [0.25, 0.3) is 15.9 Å². The maximum absolute atomic E-state index is 15.6. The number of hydrogen-bond acceptors (Lipinski definition) is 4. The molecule has 1 saturated carbocycles. The van der Waals surface area contributed by atoms with Gasteiger partial charge >= 0.3 is 5.76 Å². The van der Waals surface area contributed by atoms with Crippen molar-refractivity contribution in [2.45, 2.75) is 49.6 Å². The van der Waals surface area contributed by atoms with Crippen molar-refractivity contribution in [3.8, 4) is 11.1 Å². The molecule has 1 aliphatic carbocycles. The van der Waals surface area contributed by atoms with Gasteiger partial charge in [-0.15, -0.1) is 0 Å². The molecule has 3 atom stereocenters. The zero-order valence-electron chi connectivity index (χ0n) is 18.9. The zero-order valence-corrected chi connectivity index (χ0v) is 19.7. The second-order valence-corrected chi connectivity index (χ2v) is 11.2. The number of amides is 1. The number of nitrogens with one attached hydrogen (secondary N) is 1. The molecule has 1 amide bonds. The van der Waals surface area contributed by atoms with Crippen LogP contribution in [0, 0.1) is 22.9 Å². The normalized spacial score (nSPS) is 24.8. The first-order valence-corrected chi connectivity index (χ1v) is 13.0. The van der Waals surface area contributed by atoms with Crippen LogP contribution in [0.5, 0.6) is 0 Å². The number of benzene rings is 2. The molecule has 2 aliphatic heterocycles. The van der Waals surface area contributed by atoms with Crippen molar-refractivity contribution in [2.75, 3.05) is 13.2 Å². The number of carbonyl (C=O) groups is 1. The van der Waals surface area contributed by atoms with E-state index in [0.29, 0.717) is 31.9 Å². The van der Waals surface area contributed by atoms with E-state index in [0.717, 1.165) is 12.1 Å². The molecule has 2 saturated heterocycles. The molecule has 0 aromatic heterocycles. The van der Waals surface area contributed by atoms with Gasteiger partial charge in [-0.25, -0.2) is 26.3 Å². The standard InChI is InChI=1S/C24H23F5N2O4S/c25-14-4-5-15(17(26)11-14)16-3-1-2-13(20(16)27)10-18-21(30-36(33,34)23(28)29)24(7-8-24)12-31(18)22(32)19-6-9-35-19/h1-5,11,18-19,21,23,30H,6-10,12H2/t18?,19-,21?/m1/s1. The highest BCUT2D eigenvalue weighted by Gasteiger charge is 2.62. The van der Waals surface area contributed by atoms with Gasteiger partial charge in [-0.1, -0.05) is 18.2 Å². The predicted octanol–water partition coefficient (Wildman–Crippen LogP) is 3.60. The van der Waals surface area contributed by atoms with Crippen molar-refractivity contribution in [2.24, 2.45) is 5.41 Å². The van der Waals surface area contributed by atoms with E-state index in [1.165, 1.54) is 23.1 Å². The second-order valence-electron chi connectivity index (χ2n) is 9.55. The number of ether oxygens (including phenoxy) is 1. The van der Waals surface area contributed by atoms with Crippen LogP contribution >= 0.6 is 0 Å². The highest BCUT2D eigenvalue weighted by Crippen LogP contribution is 2.56. The molecule has 194 valence electrons. The summed E-state index contributed by atoms with van der Waals surface area (Å²) in [6, 6.07) is 4.86. The molecule has 3 aliphatic rings. The number of nitrogens with zero attached hydrogens (tertiary/aromatic N) is 1. The van der Waals surface area contributed by atoms with Crippen molar-refractivity contribution in [1.29, 1.82) is 0 Å². The minimum Gasteiger partial charge on any atom is -0.368 e.